The van der Waals surface area contributed by atoms with Crippen molar-refractivity contribution in [2.24, 2.45) is 0 Å². The van der Waals surface area contributed by atoms with Crippen LogP contribution in [0.15, 0.2) is 42.9 Å². The van der Waals surface area contributed by atoms with Gasteiger partial charge in [0.1, 0.15) is 0 Å². The molecule has 8 heteroatoms. The van der Waals surface area contributed by atoms with Crippen LogP contribution in [0.5, 0.6) is 0 Å². The quantitative estimate of drug-likeness (QED) is 0.535. The molecule has 1 aliphatic heterocycles. The van der Waals surface area contributed by atoms with E-state index in [0.717, 1.165) is 43.4 Å². The third kappa shape index (κ3) is 4.57. The van der Waals surface area contributed by atoms with Crippen molar-refractivity contribution >= 4 is 28.4 Å². The molecule has 1 amide bonds. The van der Waals surface area contributed by atoms with Crippen molar-refractivity contribution in [1.82, 2.24) is 30.1 Å². The molecular formula is C26H33ClN6O. The number of piperazine rings is 1. The van der Waals surface area contributed by atoms with Crippen LogP contribution >= 0.6 is 11.6 Å². The lowest BCUT2D eigenvalue weighted by Crippen LogP contribution is -2.62. The van der Waals surface area contributed by atoms with Gasteiger partial charge in [0.15, 0.2) is 0 Å². The van der Waals surface area contributed by atoms with Crippen LogP contribution in [-0.2, 0) is 0 Å². The lowest BCUT2D eigenvalue weighted by molar-refractivity contribution is 0.0430. The van der Waals surface area contributed by atoms with E-state index >= 15 is 0 Å². The first-order valence-corrected chi connectivity index (χ1v) is 12.8. The van der Waals surface area contributed by atoms with Gasteiger partial charge in [-0.25, -0.2) is 9.97 Å². The van der Waals surface area contributed by atoms with Gasteiger partial charge in [0.25, 0.3) is 5.91 Å². The molecule has 1 atom stereocenters. The Hall–Kier alpha value is -2.48. The van der Waals surface area contributed by atoms with Gasteiger partial charge in [-0.2, -0.15) is 0 Å². The molecule has 2 aliphatic rings. The van der Waals surface area contributed by atoms with Crippen molar-refractivity contribution in [3.05, 3.63) is 53.4 Å². The number of hydrogen-bond donors (Lipinski definition) is 2. The molecule has 180 valence electrons. The fourth-order valence-electron chi connectivity index (χ4n) is 5.69. The molecular weight excluding hydrogens is 448 g/mol. The Morgan fingerprint density at radius 2 is 1.94 bits per heavy atom. The summed E-state index contributed by atoms with van der Waals surface area (Å²) in [5.41, 5.74) is 1.39. The number of aromatic nitrogens is 3. The molecule has 7 nitrogen and oxygen atoms in total. The van der Waals surface area contributed by atoms with Crippen LogP contribution in [0.3, 0.4) is 0 Å². The molecule has 2 fully saturated rings. The van der Waals surface area contributed by atoms with Gasteiger partial charge in [0, 0.05) is 61.7 Å². The molecule has 1 saturated heterocycles. The summed E-state index contributed by atoms with van der Waals surface area (Å²) in [6.45, 7) is 5.94. The van der Waals surface area contributed by atoms with Crippen molar-refractivity contribution in [3.8, 4) is 5.95 Å². The maximum absolute atomic E-state index is 13.6. The van der Waals surface area contributed by atoms with Gasteiger partial charge >= 0.3 is 0 Å². The van der Waals surface area contributed by atoms with Gasteiger partial charge < -0.3 is 10.6 Å². The predicted octanol–water partition coefficient (Wildman–Crippen LogP) is 4.19. The van der Waals surface area contributed by atoms with E-state index in [4.69, 9.17) is 11.6 Å². The Bertz CT molecular complexity index is 1140. The molecule has 0 spiro atoms. The van der Waals surface area contributed by atoms with Crippen LogP contribution in [0.25, 0.3) is 16.9 Å². The second kappa shape index (κ2) is 10.0. The highest BCUT2D eigenvalue weighted by Crippen LogP contribution is 2.34. The third-order valence-corrected chi connectivity index (χ3v) is 7.76. The van der Waals surface area contributed by atoms with Crippen LogP contribution in [0, 0.1) is 0 Å². The van der Waals surface area contributed by atoms with Gasteiger partial charge in [0.2, 0.25) is 5.95 Å². The molecule has 5 rings (SSSR count). The molecule has 1 aliphatic carbocycles. The fraction of sp³-hybridized carbons (Fsp3) is 0.500. The molecule has 34 heavy (non-hydrogen) atoms. The SMILES string of the molecule is C[C@@H]1CN(C2(CNC(=O)c3cn(-c4ncccn4)c4cccc(Cl)c34)CCCCCC2)CCN1. The Balaban J connectivity index is 1.45. The first-order valence-electron chi connectivity index (χ1n) is 12.4. The summed E-state index contributed by atoms with van der Waals surface area (Å²) >= 11 is 6.59. The van der Waals surface area contributed by atoms with Crippen LogP contribution in [0.2, 0.25) is 5.02 Å². The summed E-state index contributed by atoms with van der Waals surface area (Å²) in [4.78, 5) is 25.0. The number of carbonyl (C=O) groups is 1. The zero-order chi connectivity index (χ0) is 23.5. The van der Waals surface area contributed by atoms with Crippen LogP contribution in [0.1, 0.15) is 55.8 Å². The number of benzene rings is 1. The maximum atomic E-state index is 13.6. The topological polar surface area (TPSA) is 75.1 Å². The average Bonchev–Trinajstić information content (AvgIpc) is 3.09. The Morgan fingerprint density at radius 1 is 1.18 bits per heavy atom. The van der Waals surface area contributed by atoms with Gasteiger partial charge in [-0.3, -0.25) is 14.3 Å². The normalized spacial score (nSPS) is 21.3. The van der Waals surface area contributed by atoms with Crippen molar-refractivity contribution in [1.29, 1.82) is 0 Å². The Kier molecular flexibility index (Phi) is 6.86. The lowest BCUT2D eigenvalue weighted by Gasteiger charge is -2.47. The summed E-state index contributed by atoms with van der Waals surface area (Å²) in [6, 6.07) is 7.90. The fourth-order valence-corrected chi connectivity index (χ4v) is 5.96. The Morgan fingerprint density at radius 3 is 2.68 bits per heavy atom. The van der Waals surface area contributed by atoms with Gasteiger partial charge in [-0.15, -0.1) is 0 Å². The van der Waals surface area contributed by atoms with E-state index in [0.29, 0.717) is 29.1 Å². The predicted molar refractivity (Wildman–Crippen MR) is 136 cm³/mol. The first kappa shape index (κ1) is 23.3. The highest BCUT2D eigenvalue weighted by molar-refractivity contribution is 6.37. The minimum absolute atomic E-state index is 0.00717. The molecule has 3 aromatic rings. The smallest absolute Gasteiger partial charge is 0.253 e. The second-order valence-corrected chi connectivity index (χ2v) is 10.1. The van der Waals surface area contributed by atoms with E-state index in [1.165, 1.54) is 25.7 Å². The van der Waals surface area contributed by atoms with Crippen LogP contribution in [-0.4, -0.2) is 63.1 Å². The number of hydrogen-bond acceptors (Lipinski definition) is 5. The molecule has 2 aromatic heterocycles. The second-order valence-electron chi connectivity index (χ2n) is 9.72. The monoisotopic (exact) mass is 480 g/mol. The summed E-state index contributed by atoms with van der Waals surface area (Å²) in [6.07, 6.45) is 12.4. The van der Waals surface area contributed by atoms with Crippen LogP contribution in [0.4, 0.5) is 0 Å². The number of nitrogens with zero attached hydrogens (tertiary/aromatic N) is 4. The number of nitrogens with one attached hydrogen (secondary N) is 2. The van der Waals surface area contributed by atoms with Gasteiger partial charge in [-0.1, -0.05) is 43.4 Å². The molecule has 2 N–H and O–H groups in total. The standard InChI is InChI=1S/C26H33ClN6O/c1-19-16-32(15-14-28-19)26(10-4-2-3-5-11-26)18-31-24(34)20-17-33(25-29-12-7-13-30-25)22-9-6-8-21(27)23(20)22/h6-9,12-13,17,19,28H,2-5,10-11,14-16,18H2,1H3,(H,31,34)/t19-/m1/s1. The number of amides is 1. The minimum Gasteiger partial charge on any atom is -0.350 e. The van der Waals surface area contributed by atoms with Crippen molar-refractivity contribution < 1.29 is 4.79 Å². The minimum atomic E-state index is -0.0976. The van der Waals surface area contributed by atoms with E-state index in [-0.39, 0.29) is 11.4 Å². The van der Waals surface area contributed by atoms with Gasteiger partial charge in [-0.05, 0) is 38.0 Å². The highest BCUT2D eigenvalue weighted by Gasteiger charge is 2.39. The molecule has 1 aromatic carbocycles. The highest BCUT2D eigenvalue weighted by atomic mass is 35.5. The summed E-state index contributed by atoms with van der Waals surface area (Å²) < 4.78 is 1.84. The Labute approximate surface area is 205 Å². The van der Waals surface area contributed by atoms with Crippen molar-refractivity contribution in [2.75, 3.05) is 26.2 Å². The molecule has 0 bridgehead atoms. The number of rotatable bonds is 5. The van der Waals surface area contributed by atoms with E-state index < -0.39 is 0 Å². The van der Waals surface area contributed by atoms with Crippen LogP contribution < -0.4 is 10.6 Å². The molecule has 1 saturated carbocycles. The number of carbonyl (C=O) groups excluding carboxylic acids is 1. The van der Waals surface area contributed by atoms with E-state index in [2.05, 4.69) is 32.4 Å². The summed E-state index contributed by atoms with van der Waals surface area (Å²) in [7, 11) is 0. The molecule has 0 radical (unpaired) electrons. The average molecular weight is 481 g/mol. The van der Waals surface area contributed by atoms with Crippen molar-refractivity contribution in [3.63, 3.8) is 0 Å². The first-order chi connectivity index (χ1) is 16.6. The van der Waals surface area contributed by atoms with E-state index in [1.807, 2.05) is 29.0 Å². The largest absolute Gasteiger partial charge is 0.350 e. The number of halogens is 1. The molecule has 0 unspecified atom stereocenters. The van der Waals surface area contributed by atoms with Gasteiger partial charge in [0.05, 0.1) is 16.1 Å². The number of fused-ring (bicyclic) bond motifs is 1. The zero-order valence-corrected chi connectivity index (χ0v) is 20.5. The summed E-state index contributed by atoms with van der Waals surface area (Å²) in [5, 5.41) is 8.17. The third-order valence-electron chi connectivity index (χ3n) is 7.44. The molecule has 3 heterocycles. The van der Waals surface area contributed by atoms with E-state index in [9.17, 15) is 4.79 Å². The lowest BCUT2D eigenvalue weighted by atomic mass is 9.86. The summed E-state index contributed by atoms with van der Waals surface area (Å²) in [5.74, 6) is 0.420. The van der Waals surface area contributed by atoms with E-state index in [1.54, 1.807) is 18.5 Å². The maximum Gasteiger partial charge on any atom is 0.253 e. The van der Waals surface area contributed by atoms with Crippen molar-refractivity contribution in [2.45, 2.75) is 57.0 Å². The zero-order valence-electron chi connectivity index (χ0n) is 19.8.